The first kappa shape index (κ1) is 15.1. The van der Waals surface area contributed by atoms with E-state index in [4.69, 9.17) is 9.47 Å². The summed E-state index contributed by atoms with van der Waals surface area (Å²) in [6, 6.07) is 4.86. The first-order chi connectivity index (χ1) is 9.59. The Kier molecular flexibility index (Phi) is 4.88. The van der Waals surface area contributed by atoms with Gasteiger partial charge >= 0.3 is 0 Å². The van der Waals surface area contributed by atoms with E-state index >= 15 is 0 Å². The first-order valence-corrected chi connectivity index (χ1v) is 8.34. The maximum absolute atomic E-state index is 12.6. The van der Waals surface area contributed by atoms with Crippen LogP contribution in [0.25, 0.3) is 0 Å². The molecule has 1 aliphatic heterocycles. The molecule has 0 aromatic heterocycles. The molecule has 1 aliphatic rings. The van der Waals surface area contributed by atoms with Crippen LogP contribution in [0.15, 0.2) is 23.1 Å². The monoisotopic (exact) mass is 299 g/mol. The maximum Gasteiger partial charge on any atom is 0.246 e. The van der Waals surface area contributed by atoms with Gasteiger partial charge in [-0.2, -0.15) is 4.31 Å². The second kappa shape index (κ2) is 6.45. The largest absolute Gasteiger partial charge is 0.495 e. The SMILES string of the molecule is CCOc1ccc(S(=O)(=O)N2CCCCC2)c(OC)c1. The molecule has 1 saturated heterocycles. The van der Waals surface area contributed by atoms with E-state index in [1.54, 1.807) is 18.2 Å². The first-order valence-electron chi connectivity index (χ1n) is 6.90. The molecule has 1 aromatic carbocycles. The Morgan fingerprint density at radius 1 is 1.20 bits per heavy atom. The van der Waals surface area contributed by atoms with Crippen molar-refractivity contribution in [3.05, 3.63) is 18.2 Å². The van der Waals surface area contributed by atoms with Crippen molar-refractivity contribution < 1.29 is 17.9 Å². The lowest BCUT2D eigenvalue weighted by atomic mass is 10.2. The van der Waals surface area contributed by atoms with E-state index in [0.717, 1.165) is 19.3 Å². The zero-order chi connectivity index (χ0) is 14.6. The van der Waals surface area contributed by atoms with Gasteiger partial charge in [-0.15, -0.1) is 0 Å². The summed E-state index contributed by atoms with van der Waals surface area (Å²) in [5, 5.41) is 0. The molecule has 0 aliphatic carbocycles. The molecule has 6 heteroatoms. The van der Waals surface area contributed by atoms with Crippen LogP contribution in [0.3, 0.4) is 0 Å². The smallest absolute Gasteiger partial charge is 0.246 e. The number of hydrogen-bond donors (Lipinski definition) is 0. The van der Waals surface area contributed by atoms with E-state index in [-0.39, 0.29) is 4.90 Å². The normalized spacial score (nSPS) is 16.9. The van der Waals surface area contributed by atoms with Gasteiger partial charge in [0, 0.05) is 19.2 Å². The summed E-state index contributed by atoms with van der Waals surface area (Å²) in [6.45, 7) is 3.57. The molecule has 0 spiro atoms. The molecule has 0 radical (unpaired) electrons. The fraction of sp³-hybridized carbons (Fsp3) is 0.571. The summed E-state index contributed by atoms with van der Waals surface area (Å²) in [6.07, 6.45) is 2.92. The lowest BCUT2D eigenvalue weighted by molar-refractivity contribution is 0.331. The molecule has 2 rings (SSSR count). The third-order valence-electron chi connectivity index (χ3n) is 3.38. The number of benzene rings is 1. The van der Waals surface area contributed by atoms with Crippen LogP contribution >= 0.6 is 0 Å². The summed E-state index contributed by atoms with van der Waals surface area (Å²) in [7, 11) is -2.01. The number of ether oxygens (including phenoxy) is 2. The molecule has 1 heterocycles. The minimum absolute atomic E-state index is 0.213. The quantitative estimate of drug-likeness (QED) is 0.837. The molecular weight excluding hydrogens is 278 g/mol. The number of hydrogen-bond acceptors (Lipinski definition) is 4. The molecule has 0 unspecified atom stereocenters. The van der Waals surface area contributed by atoms with Gasteiger partial charge < -0.3 is 9.47 Å². The van der Waals surface area contributed by atoms with Crippen LogP contribution in [-0.2, 0) is 10.0 Å². The molecule has 0 atom stereocenters. The zero-order valence-corrected chi connectivity index (χ0v) is 12.8. The number of methoxy groups -OCH3 is 1. The van der Waals surface area contributed by atoms with Crippen molar-refractivity contribution in [3.63, 3.8) is 0 Å². The molecular formula is C14H21NO4S. The van der Waals surface area contributed by atoms with E-state index in [0.29, 0.717) is 31.2 Å². The lowest BCUT2D eigenvalue weighted by Gasteiger charge is -2.26. The highest BCUT2D eigenvalue weighted by Gasteiger charge is 2.28. The molecule has 0 bridgehead atoms. The van der Waals surface area contributed by atoms with Crippen LogP contribution < -0.4 is 9.47 Å². The van der Waals surface area contributed by atoms with Gasteiger partial charge in [0.15, 0.2) is 0 Å². The van der Waals surface area contributed by atoms with E-state index < -0.39 is 10.0 Å². The highest BCUT2D eigenvalue weighted by Crippen LogP contribution is 2.31. The highest BCUT2D eigenvalue weighted by molar-refractivity contribution is 7.89. The summed E-state index contributed by atoms with van der Waals surface area (Å²) >= 11 is 0. The van der Waals surface area contributed by atoms with Crippen molar-refractivity contribution in [1.82, 2.24) is 4.31 Å². The van der Waals surface area contributed by atoms with Crippen molar-refractivity contribution in [2.75, 3.05) is 26.8 Å². The van der Waals surface area contributed by atoms with Crippen LogP contribution in [0, 0.1) is 0 Å². The van der Waals surface area contributed by atoms with Gasteiger partial charge in [0.05, 0.1) is 13.7 Å². The molecule has 0 amide bonds. The number of piperidine rings is 1. The van der Waals surface area contributed by atoms with E-state index in [2.05, 4.69) is 0 Å². The van der Waals surface area contributed by atoms with Gasteiger partial charge in [0.2, 0.25) is 10.0 Å². The molecule has 0 saturated carbocycles. The van der Waals surface area contributed by atoms with E-state index in [9.17, 15) is 8.42 Å². The zero-order valence-electron chi connectivity index (χ0n) is 12.0. The van der Waals surface area contributed by atoms with Crippen molar-refractivity contribution in [2.45, 2.75) is 31.1 Å². The summed E-state index contributed by atoms with van der Waals surface area (Å²) in [5.74, 6) is 0.948. The van der Waals surface area contributed by atoms with Crippen molar-refractivity contribution in [2.24, 2.45) is 0 Å². The fourth-order valence-electron chi connectivity index (χ4n) is 2.36. The molecule has 112 valence electrons. The Labute approximate surface area is 120 Å². The standard InChI is InChI=1S/C14H21NO4S/c1-3-19-12-7-8-14(13(11-12)18-2)20(16,17)15-9-5-4-6-10-15/h7-8,11H,3-6,9-10H2,1-2H3. The third kappa shape index (κ3) is 3.07. The van der Waals surface area contributed by atoms with Crippen LogP contribution in [0.5, 0.6) is 11.5 Å². The van der Waals surface area contributed by atoms with Crippen LogP contribution in [-0.4, -0.2) is 39.5 Å². The number of rotatable bonds is 5. The summed E-state index contributed by atoms with van der Waals surface area (Å²) in [5.41, 5.74) is 0. The van der Waals surface area contributed by atoms with Crippen molar-refractivity contribution in [3.8, 4) is 11.5 Å². The highest BCUT2D eigenvalue weighted by atomic mass is 32.2. The second-order valence-electron chi connectivity index (χ2n) is 4.71. The van der Waals surface area contributed by atoms with Crippen LogP contribution in [0.1, 0.15) is 26.2 Å². The Balaban J connectivity index is 2.35. The van der Waals surface area contributed by atoms with Crippen molar-refractivity contribution >= 4 is 10.0 Å². The van der Waals surface area contributed by atoms with Crippen molar-refractivity contribution in [1.29, 1.82) is 0 Å². The molecule has 1 fully saturated rings. The summed E-state index contributed by atoms with van der Waals surface area (Å²) < 4.78 is 37.4. The number of sulfonamides is 1. The third-order valence-corrected chi connectivity index (χ3v) is 5.32. The molecule has 5 nitrogen and oxygen atoms in total. The maximum atomic E-state index is 12.6. The minimum Gasteiger partial charge on any atom is -0.495 e. The van der Waals surface area contributed by atoms with Gasteiger partial charge in [-0.3, -0.25) is 0 Å². The Bertz CT molecular complexity index is 550. The molecule has 20 heavy (non-hydrogen) atoms. The van der Waals surface area contributed by atoms with E-state index in [1.807, 2.05) is 6.92 Å². The van der Waals surface area contributed by atoms with Crippen LogP contribution in [0.4, 0.5) is 0 Å². The van der Waals surface area contributed by atoms with Gasteiger partial charge in [-0.25, -0.2) is 8.42 Å². The van der Waals surface area contributed by atoms with Gasteiger partial charge in [-0.05, 0) is 31.9 Å². The Morgan fingerprint density at radius 2 is 1.90 bits per heavy atom. The molecule has 1 aromatic rings. The average Bonchev–Trinajstić information content (AvgIpc) is 2.48. The Hall–Kier alpha value is -1.27. The van der Waals surface area contributed by atoms with Crippen LogP contribution in [0.2, 0.25) is 0 Å². The summed E-state index contributed by atoms with van der Waals surface area (Å²) in [4.78, 5) is 0.213. The van der Waals surface area contributed by atoms with Gasteiger partial charge in [0.25, 0.3) is 0 Å². The fourth-order valence-corrected chi connectivity index (χ4v) is 4.02. The number of nitrogens with zero attached hydrogens (tertiary/aromatic N) is 1. The predicted octanol–water partition coefficient (Wildman–Crippen LogP) is 2.27. The topological polar surface area (TPSA) is 55.8 Å². The average molecular weight is 299 g/mol. The van der Waals surface area contributed by atoms with Gasteiger partial charge in [0.1, 0.15) is 16.4 Å². The predicted molar refractivity (Wildman–Crippen MR) is 76.8 cm³/mol. The van der Waals surface area contributed by atoms with E-state index in [1.165, 1.54) is 11.4 Å². The molecule has 0 N–H and O–H groups in total. The minimum atomic E-state index is -3.48. The second-order valence-corrected chi connectivity index (χ2v) is 6.62. The Morgan fingerprint density at radius 3 is 2.50 bits per heavy atom. The van der Waals surface area contributed by atoms with Gasteiger partial charge in [-0.1, -0.05) is 6.42 Å². The lowest BCUT2D eigenvalue weighted by Crippen LogP contribution is -2.35.